The second-order valence-electron chi connectivity index (χ2n) is 6.89. The normalized spacial score (nSPS) is 15.2. The Hall–Kier alpha value is -0.610. The van der Waals surface area contributed by atoms with Gasteiger partial charge in [0.15, 0.2) is 5.13 Å². The summed E-state index contributed by atoms with van der Waals surface area (Å²) in [5.74, 6) is 1.44. The smallest absolute Gasteiger partial charge is 0.186 e. The molecule has 0 radical (unpaired) electrons. The first-order valence-corrected chi connectivity index (χ1v) is 9.31. The van der Waals surface area contributed by atoms with Crippen LogP contribution in [0, 0.1) is 5.92 Å². The zero-order valence-corrected chi connectivity index (χ0v) is 15.1. The summed E-state index contributed by atoms with van der Waals surface area (Å²) in [6.45, 7) is 14.5. The summed E-state index contributed by atoms with van der Waals surface area (Å²) in [5, 5.41) is 4.82. The number of rotatable bonds is 9. The van der Waals surface area contributed by atoms with Crippen LogP contribution in [0.15, 0.2) is 0 Å². The van der Waals surface area contributed by atoms with Gasteiger partial charge in [0.05, 0.1) is 5.69 Å². The molecule has 1 aromatic rings. The number of anilines is 1. The van der Waals surface area contributed by atoms with Crippen LogP contribution in [0.5, 0.6) is 0 Å². The average molecular weight is 310 g/mol. The second-order valence-corrected chi connectivity index (χ2v) is 7.95. The molecule has 1 fully saturated rings. The van der Waals surface area contributed by atoms with Crippen molar-refractivity contribution in [3.8, 4) is 0 Å². The Labute approximate surface area is 134 Å². The fourth-order valence-electron chi connectivity index (χ4n) is 2.57. The van der Waals surface area contributed by atoms with Gasteiger partial charge in [-0.2, -0.15) is 0 Å². The van der Waals surface area contributed by atoms with E-state index in [1.54, 1.807) is 0 Å². The highest BCUT2D eigenvalue weighted by atomic mass is 32.1. The highest BCUT2D eigenvalue weighted by molar-refractivity contribution is 7.15. The lowest BCUT2D eigenvalue weighted by Gasteiger charge is -2.25. The Bertz CT molecular complexity index is 435. The van der Waals surface area contributed by atoms with Gasteiger partial charge >= 0.3 is 0 Å². The molecule has 0 bridgehead atoms. The van der Waals surface area contributed by atoms with Crippen LogP contribution < -0.4 is 10.2 Å². The van der Waals surface area contributed by atoms with Crippen molar-refractivity contribution in [1.82, 2.24) is 10.3 Å². The van der Waals surface area contributed by atoms with Crippen molar-refractivity contribution in [2.45, 2.75) is 72.4 Å². The Balaban J connectivity index is 2.11. The number of thiazole rings is 1. The standard InChI is InChI=1S/C17H31N3S/c1-6-9-20(13(4)5)17-19-16(14-7-8-14)15(21-17)11-18-10-12(2)3/h12-14,18H,6-11H2,1-5H3. The highest BCUT2D eigenvalue weighted by Gasteiger charge is 2.30. The molecule has 0 spiro atoms. The zero-order chi connectivity index (χ0) is 15.4. The SMILES string of the molecule is CCCN(c1nc(C2CC2)c(CNCC(C)C)s1)C(C)C. The van der Waals surface area contributed by atoms with Crippen LogP contribution >= 0.6 is 11.3 Å². The first kappa shape index (κ1) is 16.8. The van der Waals surface area contributed by atoms with Gasteiger partial charge in [0, 0.05) is 29.9 Å². The van der Waals surface area contributed by atoms with Crippen molar-refractivity contribution in [2.75, 3.05) is 18.0 Å². The molecule has 0 unspecified atom stereocenters. The van der Waals surface area contributed by atoms with E-state index in [4.69, 9.17) is 4.98 Å². The lowest BCUT2D eigenvalue weighted by Crippen LogP contribution is -2.31. The molecule has 0 aromatic carbocycles. The maximum Gasteiger partial charge on any atom is 0.186 e. The van der Waals surface area contributed by atoms with Crippen molar-refractivity contribution in [3.63, 3.8) is 0 Å². The van der Waals surface area contributed by atoms with Crippen LogP contribution in [0.25, 0.3) is 0 Å². The zero-order valence-electron chi connectivity index (χ0n) is 14.3. The molecule has 2 rings (SSSR count). The van der Waals surface area contributed by atoms with Crippen molar-refractivity contribution >= 4 is 16.5 Å². The van der Waals surface area contributed by atoms with Gasteiger partial charge < -0.3 is 10.2 Å². The van der Waals surface area contributed by atoms with Gasteiger partial charge in [0.2, 0.25) is 0 Å². The molecule has 0 atom stereocenters. The molecule has 1 heterocycles. The quantitative estimate of drug-likeness (QED) is 0.733. The summed E-state index contributed by atoms with van der Waals surface area (Å²) in [4.78, 5) is 8.94. The summed E-state index contributed by atoms with van der Waals surface area (Å²) < 4.78 is 0. The number of nitrogens with one attached hydrogen (secondary N) is 1. The Morgan fingerprint density at radius 2 is 2.00 bits per heavy atom. The highest BCUT2D eigenvalue weighted by Crippen LogP contribution is 2.44. The molecule has 1 aliphatic rings. The Kier molecular flexibility index (Phi) is 6.06. The van der Waals surface area contributed by atoms with Crippen LogP contribution in [-0.4, -0.2) is 24.1 Å². The summed E-state index contributed by atoms with van der Waals surface area (Å²) in [6.07, 6.45) is 3.84. The molecule has 1 aliphatic carbocycles. The van der Waals surface area contributed by atoms with Crippen LogP contribution in [0.1, 0.15) is 70.4 Å². The monoisotopic (exact) mass is 309 g/mol. The molecule has 0 amide bonds. The molecule has 4 heteroatoms. The molecule has 0 saturated heterocycles. The van der Waals surface area contributed by atoms with Crippen molar-refractivity contribution < 1.29 is 0 Å². The lowest BCUT2D eigenvalue weighted by molar-refractivity contribution is 0.553. The van der Waals surface area contributed by atoms with Crippen LogP contribution in [-0.2, 0) is 6.54 Å². The van der Waals surface area contributed by atoms with Crippen molar-refractivity contribution in [2.24, 2.45) is 5.92 Å². The van der Waals surface area contributed by atoms with Crippen LogP contribution in [0.4, 0.5) is 5.13 Å². The van der Waals surface area contributed by atoms with Gasteiger partial charge in [0.25, 0.3) is 0 Å². The van der Waals surface area contributed by atoms with Gasteiger partial charge in [0.1, 0.15) is 0 Å². The fourth-order valence-corrected chi connectivity index (χ4v) is 3.84. The molecular weight excluding hydrogens is 278 g/mol. The van der Waals surface area contributed by atoms with E-state index in [1.807, 2.05) is 11.3 Å². The summed E-state index contributed by atoms with van der Waals surface area (Å²) >= 11 is 1.91. The number of hydrogen-bond donors (Lipinski definition) is 1. The maximum atomic E-state index is 5.01. The molecular formula is C17H31N3S. The molecule has 1 N–H and O–H groups in total. The molecule has 3 nitrogen and oxygen atoms in total. The minimum atomic E-state index is 0.527. The molecule has 120 valence electrons. The minimum absolute atomic E-state index is 0.527. The third kappa shape index (κ3) is 4.68. The van der Waals surface area contributed by atoms with Gasteiger partial charge in [-0.25, -0.2) is 4.98 Å². The van der Waals surface area contributed by atoms with Gasteiger partial charge in [-0.3, -0.25) is 0 Å². The van der Waals surface area contributed by atoms with E-state index in [2.05, 4.69) is 44.8 Å². The van der Waals surface area contributed by atoms with E-state index in [9.17, 15) is 0 Å². The minimum Gasteiger partial charge on any atom is -0.346 e. The first-order valence-electron chi connectivity index (χ1n) is 8.49. The van der Waals surface area contributed by atoms with Crippen molar-refractivity contribution in [3.05, 3.63) is 10.6 Å². The van der Waals surface area contributed by atoms with E-state index in [0.29, 0.717) is 12.0 Å². The molecule has 1 aromatic heterocycles. The third-order valence-corrected chi connectivity index (χ3v) is 4.96. The summed E-state index contributed by atoms with van der Waals surface area (Å²) in [5.41, 5.74) is 1.38. The number of hydrogen-bond acceptors (Lipinski definition) is 4. The summed E-state index contributed by atoms with van der Waals surface area (Å²) in [7, 11) is 0. The summed E-state index contributed by atoms with van der Waals surface area (Å²) in [6, 6.07) is 0.527. The van der Waals surface area contributed by atoms with Gasteiger partial charge in [-0.15, -0.1) is 11.3 Å². The average Bonchev–Trinajstić information content (AvgIpc) is 3.17. The first-order chi connectivity index (χ1) is 10.0. The third-order valence-electron chi connectivity index (χ3n) is 3.85. The fraction of sp³-hybridized carbons (Fsp3) is 0.824. The molecule has 1 saturated carbocycles. The Morgan fingerprint density at radius 3 is 2.52 bits per heavy atom. The maximum absolute atomic E-state index is 5.01. The van der Waals surface area contributed by atoms with Crippen LogP contribution in [0.2, 0.25) is 0 Å². The van der Waals surface area contributed by atoms with E-state index < -0.39 is 0 Å². The lowest BCUT2D eigenvalue weighted by atomic mass is 10.2. The Morgan fingerprint density at radius 1 is 1.29 bits per heavy atom. The van der Waals surface area contributed by atoms with Crippen LogP contribution in [0.3, 0.4) is 0 Å². The van der Waals surface area contributed by atoms with E-state index in [0.717, 1.165) is 25.6 Å². The largest absolute Gasteiger partial charge is 0.346 e. The van der Waals surface area contributed by atoms with Crippen molar-refractivity contribution in [1.29, 1.82) is 0 Å². The van der Waals surface area contributed by atoms with Gasteiger partial charge in [-0.05, 0) is 45.6 Å². The number of aromatic nitrogens is 1. The second kappa shape index (κ2) is 7.59. The predicted octanol–water partition coefficient (Wildman–Crippen LogP) is 4.39. The number of nitrogens with zero attached hydrogens (tertiary/aromatic N) is 2. The van der Waals surface area contributed by atoms with E-state index in [-0.39, 0.29) is 0 Å². The predicted molar refractivity (Wildman–Crippen MR) is 93.4 cm³/mol. The topological polar surface area (TPSA) is 28.2 Å². The van der Waals surface area contributed by atoms with E-state index in [1.165, 1.54) is 35.0 Å². The van der Waals surface area contributed by atoms with E-state index >= 15 is 0 Å². The molecule has 21 heavy (non-hydrogen) atoms. The van der Waals surface area contributed by atoms with Gasteiger partial charge in [-0.1, -0.05) is 20.8 Å². The molecule has 0 aliphatic heterocycles.